The third kappa shape index (κ3) is 6.55. The Morgan fingerprint density at radius 2 is 1.24 bits per heavy atom. The minimum atomic E-state index is -1.66. The van der Waals surface area contributed by atoms with Crippen LogP contribution in [0.4, 0.5) is 0 Å². The average molecular weight is 333 g/mol. The van der Waals surface area contributed by atoms with Crippen molar-refractivity contribution in [2.75, 3.05) is 13.2 Å². The first-order valence-electron chi connectivity index (χ1n) is 8.88. The van der Waals surface area contributed by atoms with Crippen LogP contribution in [0.15, 0.2) is 0 Å². The molecular weight excluding hydrogens is 292 g/mol. The van der Waals surface area contributed by atoms with Crippen LogP contribution in [0.25, 0.3) is 0 Å². The van der Waals surface area contributed by atoms with Crippen molar-refractivity contribution in [2.45, 2.75) is 97.1 Å². The summed E-state index contributed by atoms with van der Waals surface area (Å²) in [6.45, 7) is 22.7. The topological polar surface area (TPSA) is 18.5 Å². The molecule has 0 bridgehead atoms. The lowest BCUT2D eigenvalue weighted by Crippen LogP contribution is -2.48. The molecule has 0 spiro atoms. The smallest absolute Gasteiger partial charge is 0.200 e. The number of hydrogen-bond acceptors (Lipinski definition) is 2. The van der Waals surface area contributed by atoms with Crippen LogP contribution in [0.3, 0.4) is 0 Å². The van der Waals surface area contributed by atoms with Gasteiger partial charge >= 0.3 is 0 Å². The van der Waals surface area contributed by atoms with E-state index in [0.717, 1.165) is 13.2 Å². The quantitative estimate of drug-likeness (QED) is 0.331. The molecule has 0 atom stereocenters. The van der Waals surface area contributed by atoms with Crippen molar-refractivity contribution in [3.05, 3.63) is 0 Å². The van der Waals surface area contributed by atoms with E-state index in [1.807, 2.05) is 0 Å². The highest BCUT2D eigenvalue weighted by Gasteiger charge is 2.44. The van der Waals surface area contributed by atoms with Crippen molar-refractivity contribution >= 4 is 16.6 Å². The van der Waals surface area contributed by atoms with Gasteiger partial charge in [-0.1, -0.05) is 48.0 Å². The van der Waals surface area contributed by atoms with E-state index in [1.54, 1.807) is 0 Å². The minimum Gasteiger partial charge on any atom is -0.418 e. The zero-order chi connectivity index (χ0) is 16.7. The fourth-order valence-corrected chi connectivity index (χ4v) is 11.4. The molecule has 0 N–H and O–H groups in total. The minimum absolute atomic E-state index is 0.687. The maximum Gasteiger partial charge on any atom is 0.200 e. The third-order valence-electron chi connectivity index (χ3n) is 4.77. The van der Waals surface area contributed by atoms with E-state index in [1.165, 1.54) is 18.9 Å². The molecule has 0 unspecified atom stereocenters. The molecule has 0 saturated carbocycles. The van der Waals surface area contributed by atoms with Crippen LogP contribution in [-0.2, 0) is 8.85 Å². The molecular formula is C17H40O2Si2. The first kappa shape index (κ1) is 21.4. The molecule has 2 nitrogen and oxygen atoms in total. The van der Waals surface area contributed by atoms with Crippen molar-refractivity contribution in [3.63, 3.8) is 0 Å². The second-order valence-electron chi connectivity index (χ2n) is 7.82. The second kappa shape index (κ2) is 9.48. The molecule has 0 aliphatic heterocycles. The molecule has 0 aromatic rings. The summed E-state index contributed by atoms with van der Waals surface area (Å²) < 4.78 is 12.5. The maximum atomic E-state index is 6.60. The number of unbranched alkanes of at least 4 members (excludes halogenated alkanes) is 1. The summed E-state index contributed by atoms with van der Waals surface area (Å²) in [7, 11) is -3.07. The Morgan fingerprint density at radius 3 is 1.62 bits per heavy atom. The molecule has 0 aromatic carbocycles. The van der Waals surface area contributed by atoms with Gasteiger partial charge < -0.3 is 8.85 Å². The first-order valence-corrected chi connectivity index (χ1v) is 14.1. The largest absolute Gasteiger partial charge is 0.418 e. The summed E-state index contributed by atoms with van der Waals surface area (Å²) >= 11 is 0. The lowest BCUT2D eigenvalue weighted by molar-refractivity contribution is 0.269. The Bertz CT molecular complexity index is 254. The zero-order valence-corrected chi connectivity index (χ0v) is 18.1. The van der Waals surface area contributed by atoms with Gasteiger partial charge in [-0.3, -0.25) is 0 Å². The molecule has 0 aliphatic carbocycles. The van der Waals surface area contributed by atoms with Crippen LogP contribution in [0, 0.1) is 0 Å². The summed E-state index contributed by atoms with van der Waals surface area (Å²) in [6.07, 6.45) is 2.43. The van der Waals surface area contributed by atoms with Gasteiger partial charge in [0.25, 0.3) is 0 Å². The standard InChI is InChI=1S/C17H40O2Si2/c1-10-18-20(8,9)14-12-11-13-19-21(15(2)3,16(4)5)17(6)7/h15-17H,10-14H2,1-9H3. The van der Waals surface area contributed by atoms with E-state index >= 15 is 0 Å². The Balaban J connectivity index is 4.34. The van der Waals surface area contributed by atoms with E-state index in [2.05, 4.69) is 61.6 Å². The number of hydrogen-bond donors (Lipinski definition) is 0. The lowest BCUT2D eigenvalue weighted by Gasteiger charge is -2.42. The van der Waals surface area contributed by atoms with Crippen molar-refractivity contribution in [1.82, 2.24) is 0 Å². The number of rotatable bonds is 11. The van der Waals surface area contributed by atoms with Crippen LogP contribution in [0.2, 0.25) is 35.8 Å². The van der Waals surface area contributed by atoms with Gasteiger partial charge in [-0.15, -0.1) is 0 Å². The summed E-state index contributed by atoms with van der Waals surface area (Å²) in [5, 5.41) is 0. The summed E-state index contributed by atoms with van der Waals surface area (Å²) in [4.78, 5) is 0. The highest BCUT2D eigenvalue weighted by Crippen LogP contribution is 2.42. The van der Waals surface area contributed by atoms with Crippen LogP contribution in [0.1, 0.15) is 61.3 Å². The lowest BCUT2D eigenvalue weighted by atomic mass is 10.4. The molecule has 0 amide bonds. The van der Waals surface area contributed by atoms with Gasteiger partial charge in [-0.25, -0.2) is 0 Å². The second-order valence-corrected chi connectivity index (χ2v) is 17.6. The fraction of sp³-hybridized carbons (Fsp3) is 1.00. The van der Waals surface area contributed by atoms with Crippen LogP contribution >= 0.6 is 0 Å². The van der Waals surface area contributed by atoms with Crippen molar-refractivity contribution < 1.29 is 8.85 Å². The van der Waals surface area contributed by atoms with E-state index in [0.29, 0.717) is 16.6 Å². The highest BCUT2D eigenvalue weighted by atomic mass is 28.4. The van der Waals surface area contributed by atoms with Gasteiger partial charge in [0.1, 0.15) is 0 Å². The summed E-state index contributed by atoms with van der Waals surface area (Å²) in [5.74, 6) is 0. The van der Waals surface area contributed by atoms with Crippen LogP contribution < -0.4 is 0 Å². The Hall–Kier alpha value is 0.354. The van der Waals surface area contributed by atoms with Gasteiger partial charge in [0.2, 0.25) is 0 Å². The Morgan fingerprint density at radius 1 is 0.762 bits per heavy atom. The predicted molar refractivity (Wildman–Crippen MR) is 100 cm³/mol. The zero-order valence-electron chi connectivity index (χ0n) is 16.1. The molecule has 0 radical (unpaired) electrons. The fourth-order valence-electron chi connectivity index (χ4n) is 3.86. The van der Waals surface area contributed by atoms with Crippen LogP contribution in [0.5, 0.6) is 0 Å². The maximum absolute atomic E-state index is 6.60. The average Bonchev–Trinajstić information content (AvgIpc) is 2.31. The highest BCUT2D eigenvalue weighted by molar-refractivity contribution is 6.77. The van der Waals surface area contributed by atoms with Gasteiger partial charge in [-0.05, 0) is 49.1 Å². The van der Waals surface area contributed by atoms with E-state index in [9.17, 15) is 0 Å². The molecule has 0 heterocycles. The van der Waals surface area contributed by atoms with Crippen LogP contribution in [-0.4, -0.2) is 29.8 Å². The summed E-state index contributed by atoms with van der Waals surface area (Å²) in [6, 6.07) is 1.25. The van der Waals surface area contributed by atoms with Crippen molar-refractivity contribution in [3.8, 4) is 0 Å². The van der Waals surface area contributed by atoms with E-state index < -0.39 is 16.6 Å². The molecule has 128 valence electrons. The van der Waals surface area contributed by atoms with Gasteiger partial charge in [-0.2, -0.15) is 0 Å². The molecule has 0 aromatic heterocycles. The predicted octanol–water partition coefficient (Wildman–Crippen LogP) is 6.20. The third-order valence-corrected chi connectivity index (χ3v) is 13.5. The first-order chi connectivity index (χ1) is 9.60. The van der Waals surface area contributed by atoms with E-state index in [4.69, 9.17) is 8.85 Å². The molecule has 4 heteroatoms. The molecule has 0 aliphatic rings. The molecule has 0 saturated heterocycles. The normalized spacial score (nSPS) is 13.7. The Labute approximate surface area is 136 Å². The van der Waals surface area contributed by atoms with Crippen molar-refractivity contribution in [1.29, 1.82) is 0 Å². The molecule has 0 fully saturated rings. The molecule has 21 heavy (non-hydrogen) atoms. The SMILES string of the molecule is CCO[Si](C)(C)CCCCO[Si](C(C)C)(C(C)C)C(C)C. The van der Waals surface area contributed by atoms with Crippen molar-refractivity contribution in [2.24, 2.45) is 0 Å². The van der Waals surface area contributed by atoms with Gasteiger partial charge in [0, 0.05) is 13.2 Å². The van der Waals surface area contributed by atoms with Gasteiger partial charge in [0.15, 0.2) is 16.6 Å². The molecule has 0 rings (SSSR count). The monoisotopic (exact) mass is 332 g/mol. The Kier molecular flexibility index (Phi) is 9.64. The van der Waals surface area contributed by atoms with E-state index in [-0.39, 0.29) is 0 Å². The summed E-state index contributed by atoms with van der Waals surface area (Å²) in [5.41, 5.74) is 2.06. The van der Waals surface area contributed by atoms with Gasteiger partial charge in [0.05, 0.1) is 0 Å².